The van der Waals surface area contributed by atoms with Crippen LogP contribution in [-0.2, 0) is 10.1 Å². The van der Waals surface area contributed by atoms with Gasteiger partial charge in [-0.25, -0.2) is 0 Å². The van der Waals surface area contributed by atoms with Gasteiger partial charge in [-0.2, -0.15) is 8.42 Å². The maximum atomic E-state index is 11.2. The molecule has 1 aromatic carbocycles. The van der Waals surface area contributed by atoms with Gasteiger partial charge in [0, 0.05) is 0 Å². The zero-order valence-corrected chi connectivity index (χ0v) is 8.25. The van der Waals surface area contributed by atoms with Crippen molar-refractivity contribution in [1.29, 1.82) is 0 Å². The molecule has 0 atom stereocenters. The fourth-order valence-corrected chi connectivity index (χ4v) is 1.90. The number of benzene rings is 1. The minimum atomic E-state index is -3.38. The van der Waals surface area contributed by atoms with Crippen molar-refractivity contribution in [1.82, 2.24) is 0 Å². The number of hydrogen-bond acceptors (Lipinski definition) is 3. The Morgan fingerprint density at radius 3 is 2.29 bits per heavy atom. The van der Waals surface area contributed by atoms with Crippen LogP contribution in [0.1, 0.15) is 13.3 Å². The molecule has 0 amide bonds. The van der Waals surface area contributed by atoms with E-state index in [0.29, 0.717) is 12.2 Å². The average molecular weight is 224 g/mol. The first-order valence-electron chi connectivity index (χ1n) is 4.11. The van der Waals surface area contributed by atoms with Crippen molar-refractivity contribution in [3.63, 3.8) is 0 Å². The van der Waals surface area contributed by atoms with Gasteiger partial charge < -0.3 is 4.18 Å². The quantitative estimate of drug-likeness (QED) is 0.569. The van der Waals surface area contributed by atoms with E-state index in [1.54, 1.807) is 37.3 Å². The van der Waals surface area contributed by atoms with Gasteiger partial charge in [-0.15, -0.1) is 0 Å². The molecule has 14 heavy (non-hydrogen) atoms. The molecule has 0 fully saturated rings. The van der Waals surface area contributed by atoms with E-state index in [-0.39, 0.29) is 35.3 Å². The summed E-state index contributed by atoms with van der Waals surface area (Å²) < 4.78 is 27.2. The van der Waals surface area contributed by atoms with Crippen molar-refractivity contribution in [2.75, 3.05) is 5.75 Å². The van der Waals surface area contributed by atoms with Gasteiger partial charge in [0.1, 0.15) is 5.75 Å². The second-order valence-electron chi connectivity index (χ2n) is 2.66. The molecule has 1 aromatic rings. The van der Waals surface area contributed by atoms with Crippen molar-refractivity contribution >= 4 is 39.7 Å². The molecule has 0 bridgehead atoms. The van der Waals surface area contributed by atoms with E-state index in [9.17, 15) is 8.42 Å². The first-order valence-corrected chi connectivity index (χ1v) is 5.69. The van der Waals surface area contributed by atoms with Gasteiger partial charge in [-0.3, -0.25) is 0 Å². The molecule has 3 nitrogen and oxygen atoms in total. The van der Waals surface area contributed by atoms with Crippen LogP contribution in [0.3, 0.4) is 0 Å². The van der Waals surface area contributed by atoms with Crippen LogP contribution in [0.25, 0.3) is 0 Å². The molecule has 0 N–H and O–H groups in total. The second-order valence-corrected chi connectivity index (χ2v) is 4.35. The Bertz CT molecular complexity index is 348. The summed E-state index contributed by atoms with van der Waals surface area (Å²) >= 11 is 0. The molecule has 0 radical (unpaired) electrons. The predicted molar refractivity (Wildman–Crippen MR) is 58.3 cm³/mol. The van der Waals surface area contributed by atoms with Gasteiger partial charge in [-0.1, -0.05) is 25.1 Å². The summed E-state index contributed by atoms with van der Waals surface area (Å²) in [5, 5.41) is 0. The normalized spacial score (nSPS) is 10.4. The summed E-state index contributed by atoms with van der Waals surface area (Å²) in [5.74, 6) is 0.429. The van der Waals surface area contributed by atoms with E-state index in [1.807, 2.05) is 0 Å². The molecule has 1 rings (SSSR count). The monoisotopic (exact) mass is 224 g/mol. The number of hydrogen-bond donors (Lipinski definition) is 0. The van der Waals surface area contributed by atoms with Crippen LogP contribution in [0.5, 0.6) is 5.75 Å². The second kappa shape index (κ2) is 6.45. The fraction of sp³-hybridized carbons (Fsp3) is 0.333. The van der Waals surface area contributed by atoms with Crippen LogP contribution in [0, 0.1) is 0 Å². The zero-order valence-electron chi connectivity index (χ0n) is 7.43. The molecule has 0 aliphatic carbocycles. The van der Waals surface area contributed by atoms with Crippen LogP contribution in [-0.4, -0.2) is 43.7 Å². The molecule has 0 heterocycles. The standard InChI is InChI=1S/C9H12O3S.Na.H/c1-2-8-13(10,11)12-9-6-4-3-5-7-9;;/h3-7H,2,8H2,1H3;;. The van der Waals surface area contributed by atoms with Gasteiger partial charge in [0.05, 0.1) is 5.75 Å². The predicted octanol–water partition coefficient (Wildman–Crippen LogP) is 1.16. The van der Waals surface area contributed by atoms with Crippen LogP contribution in [0.2, 0.25) is 0 Å². The molecular weight excluding hydrogens is 211 g/mol. The van der Waals surface area contributed by atoms with Crippen LogP contribution in [0.4, 0.5) is 0 Å². The third kappa shape index (κ3) is 5.00. The minimum absolute atomic E-state index is 0. The van der Waals surface area contributed by atoms with E-state index in [1.165, 1.54) is 0 Å². The Hall–Kier alpha value is -0.0300. The fourth-order valence-electron chi connectivity index (χ4n) is 0.914. The summed E-state index contributed by atoms with van der Waals surface area (Å²) in [7, 11) is -3.38. The van der Waals surface area contributed by atoms with Gasteiger partial charge in [0.2, 0.25) is 0 Å². The van der Waals surface area contributed by atoms with Crippen LogP contribution >= 0.6 is 0 Å². The number of para-hydroxylation sites is 1. The Morgan fingerprint density at radius 1 is 1.21 bits per heavy atom. The zero-order chi connectivity index (χ0) is 9.73. The topological polar surface area (TPSA) is 43.4 Å². The Balaban J connectivity index is 0.00000169. The molecule has 0 aliphatic heterocycles. The average Bonchev–Trinajstić information content (AvgIpc) is 2.04. The van der Waals surface area contributed by atoms with E-state index < -0.39 is 10.1 Å². The van der Waals surface area contributed by atoms with Crippen molar-refractivity contribution in [2.24, 2.45) is 0 Å². The summed E-state index contributed by atoms with van der Waals surface area (Å²) in [6.45, 7) is 1.80. The van der Waals surface area contributed by atoms with Crippen molar-refractivity contribution < 1.29 is 12.6 Å². The Labute approximate surface area is 107 Å². The van der Waals surface area contributed by atoms with Gasteiger partial charge in [0.25, 0.3) is 0 Å². The summed E-state index contributed by atoms with van der Waals surface area (Å²) in [4.78, 5) is 0. The van der Waals surface area contributed by atoms with Gasteiger partial charge in [-0.05, 0) is 18.6 Å². The molecule has 0 unspecified atom stereocenters. The van der Waals surface area contributed by atoms with Crippen LogP contribution in [0.15, 0.2) is 30.3 Å². The van der Waals surface area contributed by atoms with E-state index in [0.717, 1.165) is 0 Å². The Morgan fingerprint density at radius 2 is 1.79 bits per heavy atom. The molecule has 74 valence electrons. The first-order chi connectivity index (χ1) is 6.14. The first kappa shape index (κ1) is 14.0. The van der Waals surface area contributed by atoms with E-state index >= 15 is 0 Å². The molecule has 0 spiro atoms. The Kier molecular flexibility index (Phi) is 6.44. The van der Waals surface area contributed by atoms with Gasteiger partial charge in [0.15, 0.2) is 0 Å². The molecule has 0 aliphatic rings. The molecule has 0 saturated heterocycles. The molecule has 0 aromatic heterocycles. The van der Waals surface area contributed by atoms with Crippen molar-refractivity contribution in [3.8, 4) is 5.75 Å². The van der Waals surface area contributed by atoms with Crippen molar-refractivity contribution in [2.45, 2.75) is 13.3 Å². The summed E-state index contributed by atoms with van der Waals surface area (Å²) in [6, 6.07) is 8.51. The van der Waals surface area contributed by atoms with E-state index in [2.05, 4.69) is 0 Å². The molecule has 0 saturated carbocycles. The third-order valence-electron chi connectivity index (χ3n) is 1.42. The van der Waals surface area contributed by atoms with Gasteiger partial charge >= 0.3 is 39.7 Å². The third-order valence-corrected chi connectivity index (χ3v) is 2.78. The molecule has 5 heteroatoms. The number of rotatable bonds is 4. The van der Waals surface area contributed by atoms with Crippen LogP contribution < -0.4 is 4.18 Å². The summed E-state index contributed by atoms with van der Waals surface area (Å²) in [6.07, 6.45) is 0.565. The van der Waals surface area contributed by atoms with E-state index in [4.69, 9.17) is 4.18 Å². The molecular formula is C9H13NaO3S. The SMILES string of the molecule is CCCS(=O)(=O)Oc1ccccc1.[NaH]. The maximum absolute atomic E-state index is 11.2. The summed E-state index contributed by atoms with van der Waals surface area (Å²) in [5.41, 5.74) is 0. The van der Waals surface area contributed by atoms with Crippen molar-refractivity contribution in [3.05, 3.63) is 30.3 Å².